The van der Waals surface area contributed by atoms with E-state index in [9.17, 15) is 9.59 Å². The van der Waals surface area contributed by atoms with Gasteiger partial charge in [-0.25, -0.2) is 4.79 Å². The summed E-state index contributed by atoms with van der Waals surface area (Å²) in [5, 5.41) is 0. The minimum Gasteiger partial charge on any atom is -0.497 e. The van der Waals surface area contributed by atoms with Crippen LogP contribution in [0.1, 0.15) is 72.5 Å². The quantitative estimate of drug-likeness (QED) is 0.166. The molecule has 0 heterocycles. The van der Waals surface area contributed by atoms with Crippen molar-refractivity contribution in [1.82, 2.24) is 5.48 Å². The van der Waals surface area contributed by atoms with Crippen LogP contribution >= 0.6 is 0 Å². The number of nitrogens with one attached hydrogen (secondary N) is 1. The summed E-state index contributed by atoms with van der Waals surface area (Å²) in [5.41, 5.74) is 10.0. The maximum Gasteiger partial charge on any atom is 0.362 e. The van der Waals surface area contributed by atoms with E-state index in [2.05, 4.69) is 5.48 Å². The average molecular weight is 519 g/mol. The summed E-state index contributed by atoms with van der Waals surface area (Å²) in [7, 11) is 1.64. The van der Waals surface area contributed by atoms with Gasteiger partial charge < -0.3 is 20.0 Å². The van der Waals surface area contributed by atoms with Crippen LogP contribution in [0.2, 0.25) is 0 Å². The fraction of sp³-hybridized carbons (Fsp3) is 0.355. The van der Waals surface area contributed by atoms with Gasteiger partial charge in [0.15, 0.2) is 0 Å². The molecule has 3 rings (SSSR count). The molecule has 3 aromatic rings. The standard InChI is InChI=1S/C31H38N2O5/c1-3-11-29(34)33-38-30(35)24-14-16-26(17-15-24)31(25-12-7-6-8-13-25,37-23-10-5-4-9-22-32)27-18-20-28(36-2)21-19-27/h6-8,12-21H,3-5,9-11,22-23,32H2,1-2H3,(H,33,34). The first-order valence-corrected chi connectivity index (χ1v) is 13.2. The number of carbonyl (C=O) groups excluding carboxylic acids is 2. The number of ether oxygens (including phenoxy) is 2. The minimum absolute atomic E-state index is 0.289. The molecule has 3 aromatic carbocycles. The van der Waals surface area contributed by atoms with Crippen LogP contribution in [0.15, 0.2) is 78.9 Å². The predicted molar refractivity (Wildman–Crippen MR) is 148 cm³/mol. The van der Waals surface area contributed by atoms with Gasteiger partial charge in [0.25, 0.3) is 5.91 Å². The third-order valence-corrected chi connectivity index (χ3v) is 6.36. The van der Waals surface area contributed by atoms with Gasteiger partial charge >= 0.3 is 5.97 Å². The Kier molecular flexibility index (Phi) is 11.3. The highest BCUT2D eigenvalue weighted by Crippen LogP contribution is 2.41. The molecule has 0 aliphatic heterocycles. The van der Waals surface area contributed by atoms with Crippen LogP contribution in [0.25, 0.3) is 0 Å². The maximum atomic E-state index is 12.5. The molecular formula is C31H38N2O5. The lowest BCUT2D eigenvalue weighted by Crippen LogP contribution is -2.33. The Bertz CT molecular complexity index is 1130. The van der Waals surface area contributed by atoms with E-state index < -0.39 is 11.6 Å². The number of carbonyl (C=O) groups is 2. The Morgan fingerprint density at radius 2 is 1.42 bits per heavy atom. The molecule has 1 amide bonds. The van der Waals surface area contributed by atoms with E-state index in [-0.39, 0.29) is 12.3 Å². The van der Waals surface area contributed by atoms with Gasteiger partial charge in [-0.2, -0.15) is 5.48 Å². The second-order valence-electron chi connectivity index (χ2n) is 9.07. The van der Waals surface area contributed by atoms with Gasteiger partial charge in [-0.1, -0.05) is 74.4 Å². The molecule has 0 aliphatic carbocycles. The van der Waals surface area contributed by atoms with Crippen LogP contribution < -0.4 is 16.0 Å². The molecule has 0 radical (unpaired) electrons. The minimum atomic E-state index is -0.917. The average Bonchev–Trinajstić information content (AvgIpc) is 2.96. The van der Waals surface area contributed by atoms with Gasteiger partial charge in [0, 0.05) is 13.0 Å². The van der Waals surface area contributed by atoms with Crippen molar-refractivity contribution in [2.75, 3.05) is 20.3 Å². The lowest BCUT2D eigenvalue weighted by Gasteiger charge is -2.36. The first-order valence-electron chi connectivity index (χ1n) is 13.2. The topological polar surface area (TPSA) is 99.9 Å². The van der Waals surface area contributed by atoms with E-state index in [4.69, 9.17) is 20.0 Å². The molecule has 7 heteroatoms. The molecule has 3 N–H and O–H groups in total. The molecule has 0 saturated heterocycles. The highest BCUT2D eigenvalue weighted by molar-refractivity contribution is 5.90. The van der Waals surface area contributed by atoms with E-state index in [1.807, 2.05) is 73.7 Å². The number of methoxy groups -OCH3 is 1. The molecule has 0 bridgehead atoms. The van der Waals surface area contributed by atoms with Crippen LogP contribution in [0.5, 0.6) is 5.75 Å². The Morgan fingerprint density at radius 3 is 2.03 bits per heavy atom. The lowest BCUT2D eigenvalue weighted by atomic mass is 9.79. The summed E-state index contributed by atoms with van der Waals surface area (Å²) in [6.07, 6.45) is 4.94. The summed E-state index contributed by atoms with van der Waals surface area (Å²) in [4.78, 5) is 29.2. The van der Waals surface area contributed by atoms with E-state index in [1.165, 1.54) is 0 Å². The third-order valence-electron chi connectivity index (χ3n) is 6.36. The van der Waals surface area contributed by atoms with Crippen molar-refractivity contribution in [3.63, 3.8) is 0 Å². The van der Waals surface area contributed by atoms with Crippen LogP contribution in [-0.2, 0) is 20.0 Å². The molecular weight excluding hydrogens is 480 g/mol. The Balaban J connectivity index is 1.97. The summed E-state index contributed by atoms with van der Waals surface area (Å²) in [6, 6.07) is 25.0. The number of rotatable bonds is 14. The Labute approximate surface area is 225 Å². The van der Waals surface area contributed by atoms with Gasteiger partial charge in [0.05, 0.1) is 12.7 Å². The van der Waals surface area contributed by atoms with E-state index >= 15 is 0 Å². The van der Waals surface area contributed by atoms with E-state index in [0.717, 1.165) is 48.1 Å². The van der Waals surface area contributed by atoms with E-state index in [0.29, 0.717) is 25.1 Å². The number of hydrogen-bond donors (Lipinski definition) is 2. The number of amides is 1. The van der Waals surface area contributed by atoms with Crippen LogP contribution in [0, 0.1) is 0 Å². The summed E-state index contributed by atoms with van der Waals surface area (Å²) >= 11 is 0. The Hall–Kier alpha value is -3.68. The van der Waals surface area contributed by atoms with Crippen molar-refractivity contribution < 1.29 is 23.9 Å². The second-order valence-corrected chi connectivity index (χ2v) is 9.07. The summed E-state index contributed by atoms with van der Waals surface area (Å²) in [5.74, 6) is -0.211. The molecule has 202 valence electrons. The first-order chi connectivity index (χ1) is 18.5. The smallest absolute Gasteiger partial charge is 0.362 e. The molecule has 0 spiro atoms. The van der Waals surface area contributed by atoms with Gasteiger partial charge in [0.2, 0.25) is 0 Å². The van der Waals surface area contributed by atoms with Crippen LogP contribution in [0.3, 0.4) is 0 Å². The fourth-order valence-corrected chi connectivity index (χ4v) is 4.36. The van der Waals surface area contributed by atoms with E-state index in [1.54, 1.807) is 19.2 Å². The van der Waals surface area contributed by atoms with Crippen LogP contribution in [-0.4, -0.2) is 32.1 Å². The van der Waals surface area contributed by atoms with Crippen molar-refractivity contribution in [1.29, 1.82) is 0 Å². The molecule has 7 nitrogen and oxygen atoms in total. The Morgan fingerprint density at radius 1 is 0.816 bits per heavy atom. The maximum absolute atomic E-state index is 12.5. The number of hydrogen-bond acceptors (Lipinski definition) is 6. The molecule has 0 saturated carbocycles. The summed E-state index contributed by atoms with van der Waals surface area (Å²) in [6.45, 7) is 3.11. The molecule has 0 aliphatic rings. The fourth-order valence-electron chi connectivity index (χ4n) is 4.36. The highest BCUT2D eigenvalue weighted by Gasteiger charge is 2.37. The zero-order valence-electron chi connectivity index (χ0n) is 22.3. The molecule has 0 aromatic heterocycles. The van der Waals surface area contributed by atoms with Crippen molar-refractivity contribution in [3.05, 3.63) is 101 Å². The van der Waals surface area contributed by atoms with Crippen molar-refractivity contribution in [3.8, 4) is 5.75 Å². The largest absolute Gasteiger partial charge is 0.497 e. The van der Waals surface area contributed by atoms with Gasteiger partial charge in [0.1, 0.15) is 11.4 Å². The molecule has 0 fully saturated rings. The van der Waals surface area contributed by atoms with Crippen molar-refractivity contribution >= 4 is 11.9 Å². The molecule has 38 heavy (non-hydrogen) atoms. The second kappa shape index (κ2) is 14.9. The summed E-state index contributed by atoms with van der Waals surface area (Å²) < 4.78 is 12.2. The lowest BCUT2D eigenvalue weighted by molar-refractivity contribution is -0.130. The zero-order valence-corrected chi connectivity index (χ0v) is 22.3. The SMILES string of the molecule is CCCC(=O)NOC(=O)c1ccc(C(OCCCCCCN)(c2ccccc2)c2ccc(OC)cc2)cc1. The van der Waals surface area contributed by atoms with Gasteiger partial charge in [-0.05, 0) is 66.8 Å². The number of benzene rings is 3. The monoisotopic (exact) mass is 518 g/mol. The number of nitrogens with two attached hydrogens (primary N) is 1. The molecule has 1 atom stereocenters. The normalized spacial score (nSPS) is 12.4. The van der Waals surface area contributed by atoms with Crippen molar-refractivity contribution in [2.24, 2.45) is 5.73 Å². The van der Waals surface area contributed by atoms with Crippen LogP contribution in [0.4, 0.5) is 0 Å². The number of unbranched alkanes of at least 4 members (excludes halogenated alkanes) is 3. The molecule has 1 unspecified atom stereocenters. The number of hydroxylamine groups is 1. The highest BCUT2D eigenvalue weighted by atomic mass is 16.7. The van der Waals surface area contributed by atoms with Gasteiger partial charge in [-0.15, -0.1) is 0 Å². The predicted octanol–water partition coefficient (Wildman–Crippen LogP) is 5.51. The van der Waals surface area contributed by atoms with Crippen molar-refractivity contribution in [2.45, 2.75) is 51.0 Å². The van der Waals surface area contributed by atoms with Gasteiger partial charge in [-0.3, -0.25) is 4.79 Å². The third kappa shape index (κ3) is 7.43. The first kappa shape index (κ1) is 28.9. The zero-order chi connectivity index (χ0) is 27.2.